The lowest BCUT2D eigenvalue weighted by atomic mass is 10.0. The molecule has 0 spiro atoms. The summed E-state index contributed by atoms with van der Waals surface area (Å²) in [6, 6.07) is 10.3. The third kappa shape index (κ3) is 4.01. The number of aromatic nitrogens is 1. The maximum absolute atomic E-state index is 14.4. The number of nitrogens with zero attached hydrogens (tertiary/aromatic N) is 1. The first-order valence-electron chi connectivity index (χ1n) is 9.44. The Bertz CT molecular complexity index is 1000. The molecule has 1 heterocycles. The third-order valence-electron chi connectivity index (χ3n) is 5.04. The molecule has 0 atom stereocenters. The van der Waals surface area contributed by atoms with E-state index < -0.39 is 23.4 Å². The van der Waals surface area contributed by atoms with Crippen molar-refractivity contribution in [3.8, 4) is 16.9 Å². The van der Waals surface area contributed by atoms with Crippen LogP contribution in [0.5, 0.6) is 5.75 Å². The fraction of sp³-hybridized carbons (Fsp3) is 0.318. The minimum Gasteiger partial charge on any atom is -0.488 e. The second-order valence-electron chi connectivity index (χ2n) is 7.30. The lowest BCUT2D eigenvalue weighted by Gasteiger charge is -2.11. The van der Waals surface area contributed by atoms with E-state index in [1.54, 1.807) is 0 Å². The highest BCUT2D eigenvalue weighted by atomic mass is 19.1. The van der Waals surface area contributed by atoms with Gasteiger partial charge in [0.15, 0.2) is 17.4 Å². The molecular weight excluding hydrogens is 364 g/mol. The molecular formula is C22H21F2NO3. The van der Waals surface area contributed by atoms with Crippen LogP contribution in [0.25, 0.3) is 22.0 Å². The van der Waals surface area contributed by atoms with Crippen LogP contribution in [0.15, 0.2) is 42.6 Å². The average Bonchev–Trinajstić information content (AvgIpc) is 3.39. The van der Waals surface area contributed by atoms with E-state index in [2.05, 4.69) is 16.8 Å². The molecule has 0 aliphatic heterocycles. The molecule has 1 aliphatic carbocycles. The molecule has 1 saturated carbocycles. The molecule has 0 amide bonds. The van der Waals surface area contributed by atoms with E-state index in [-0.39, 0.29) is 19.4 Å². The van der Waals surface area contributed by atoms with Gasteiger partial charge in [0.05, 0.1) is 6.61 Å². The van der Waals surface area contributed by atoms with E-state index in [1.807, 2.05) is 18.2 Å². The summed E-state index contributed by atoms with van der Waals surface area (Å²) in [6.07, 6.45) is 4.64. The van der Waals surface area contributed by atoms with Crippen molar-refractivity contribution in [3.63, 3.8) is 0 Å². The number of benzene rings is 2. The SMILES string of the molecule is O=C(O)CCCOc1c(F)cc(-c2ccc3ccn(CC4CC4)c3c2)cc1F. The first-order chi connectivity index (χ1) is 13.5. The van der Waals surface area contributed by atoms with Gasteiger partial charge in [0, 0.05) is 24.7 Å². The molecule has 3 aromatic rings. The summed E-state index contributed by atoms with van der Waals surface area (Å²) < 4.78 is 36.1. The maximum Gasteiger partial charge on any atom is 0.303 e. The zero-order valence-corrected chi connectivity index (χ0v) is 15.3. The van der Waals surface area contributed by atoms with Crippen molar-refractivity contribution in [2.75, 3.05) is 6.61 Å². The van der Waals surface area contributed by atoms with Gasteiger partial charge in [-0.2, -0.15) is 0 Å². The van der Waals surface area contributed by atoms with E-state index in [9.17, 15) is 13.6 Å². The van der Waals surface area contributed by atoms with Crippen LogP contribution in [-0.2, 0) is 11.3 Å². The molecule has 28 heavy (non-hydrogen) atoms. The van der Waals surface area contributed by atoms with Crippen LogP contribution in [0.2, 0.25) is 0 Å². The summed E-state index contributed by atoms with van der Waals surface area (Å²) in [5.74, 6) is -2.29. The highest BCUT2D eigenvalue weighted by Gasteiger charge is 2.22. The van der Waals surface area contributed by atoms with Gasteiger partial charge in [-0.15, -0.1) is 0 Å². The summed E-state index contributed by atoms with van der Waals surface area (Å²) in [4.78, 5) is 10.5. The molecule has 1 fully saturated rings. The average molecular weight is 385 g/mol. The number of carboxylic acids is 1. The molecule has 1 aliphatic rings. The van der Waals surface area contributed by atoms with Gasteiger partial charge in [-0.3, -0.25) is 4.79 Å². The molecule has 6 heteroatoms. The van der Waals surface area contributed by atoms with Crippen molar-refractivity contribution >= 4 is 16.9 Å². The Hall–Kier alpha value is -2.89. The molecule has 2 aromatic carbocycles. The third-order valence-corrected chi connectivity index (χ3v) is 5.04. The van der Waals surface area contributed by atoms with Crippen LogP contribution in [-0.4, -0.2) is 22.2 Å². The van der Waals surface area contributed by atoms with Gasteiger partial charge in [-0.25, -0.2) is 8.78 Å². The summed E-state index contributed by atoms with van der Waals surface area (Å²) in [6.45, 7) is 0.916. The van der Waals surface area contributed by atoms with E-state index in [0.29, 0.717) is 5.56 Å². The van der Waals surface area contributed by atoms with Gasteiger partial charge in [0.1, 0.15) is 0 Å². The summed E-state index contributed by atoms with van der Waals surface area (Å²) in [5, 5.41) is 9.71. The Morgan fingerprint density at radius 1 is 1.11 bits per heavy atom. The molecule has 146 valence electrons. The summed E-state index contributed by atoms with van der Waals surface area (Å²) >= 11 is 0. The summed E-state index contributed by atoms with van der Waals surface area (Å²) in [7, 11) is 0. The minimum absolute atomic E-state index is 0.0554. The number of hydrogen-bond acceptors (Lipinski definition) is 2. The molecule has 1 N–H and O–H groups in total. The number of ether oxygens (including phenoxy) is 1. The fourth-order valence-corrected chi connectivity index (χ4v) is 3.36. The lowest BCUT2D eigenvalue weighted by molar-refractivity contribution is -0.137. The first-order valence-corrected chi connectivity index (χ1v) is 9.44. The Kier molecular flexibility index (Phi) is 5.03. The number of halogens is 2. The monoisotopic (exact) mass is 385 g/mol. The van der Waals surface area contributed by atoms with Crippen molar-refractivity contribution < 1.29 is 23.4 Å². The molecule has 0 bridgehead atoms. The molecule has 0 saturated heterocycles. The van der Waals surface area contributed by atoms with Crippen LogP contribution in [0, 0.1) is 17.6 Å². The van der Waals surface area contributed by atoms with Crippen LogP contribution in [0.4, 0.5) is 8.78 Å². The minimum atomic E-state index is -0.971. The van der Waals surface area contributed by atoms with E-state index in [0.717, 1.165) is 28.9 Å². The van der Waals surface area contributed by atoms with Crippen LogP contribution < -0.4 is 4.74 Å². The number of carbonyl (C=O) groups is 1. The van der Waals surface area contributed by atoms with E-state index >= 15 is 0 Å². The highest BCUT2D eigenvalue weighted by molar-refractivity contribution is 5.85. The molecule has 0 radical (unpaired) electrons. The summed E-state index contributed by atoms with van der Waals surface area (Å²) in [5.41, 5.74) is 2.23. The number of carboxylic acid groups (broad SMARTS) is 1. The number of fused-ring (bicyclic) bond motifs is 1. The van der Waals surface area contributed by atoms with Crippen molar-refractivity contribution in [3.05, 3.63) is 54.2 Å². The van der Waals surface area contributed by atoms with Crippen molar-refractivity contribution in [2.24, 2.45) is 5.92 Å². The first kappa shape index (κ1) is 18.5. The number of rotatable bonds is 8. The van der Waals surface area contributed by atoms with Crippen LogP contribution in [0.3, 0.4) is 0 Å². The Labute approximate surface area is 161 Å². The van der Waals surface area contributed by atoms with E-state index in [1.165, 1.54) is 25.0 Å². The quantitative estimate of drug-likeness (QED) is 0.540. The second-order valence-corrected chi connectivity index (χ2v) is 7.30. The van der Waals surface area contributed by atoms with E-state index in [4.69, 9.17) is 9.84 Å². The van der Waals surface area contributed by atoms with Gasteiger partial charge >= 0.3 is 5.97 Å². The molecule has 1 aromatic heterocycles. The molecule has 0 unspecified atom stereocenters. The zero-order chi connectivity index (χ0) is 19.7. The predicted octanol–water partition coefficient (Wildman–Crippen LogP) is 5.24. The van der Waals surface area contributed by atoms with Gasteiger partial charge < -0.3 is 14.4 Å². The fourth-order valence-electron chi connectivity index (χ4n) is 3.36. The highest BCUT2D eigenvalue weighted by Crippen LogP contribution is 2.34. The smallest absolute Gasteiger partial charge is 0.303 e. The van der Waals surface area contributed by atoms with Gasteiger partial charge in [0.25, 0.3) is 0 Å². The second kappa shape index (κ2) is 7.62. The normalized spacial score (nSPS) is 13.8. The standard InChI is InChI=1S/C22H21F2NO3/c23-18-10-17(11-19(24)22(18)28-9-1-2-21(26)27)16-6-5-15-7-8-25(20(15)12-16)13-14-3-4-14/h5-8,10-12,14H,1-4,9,13H2,(H,26,27). The Morgan fingerprint density at radius 3 is 2.54 bits per heavy atom. The van der Waals surface area contributed by atoms with Crippen LogP contribution in [0.1, 0.15) is 25.7 Å². The van der Waals surface area contributed by atoms with Crippen molar-refractivity contribution in [2.45, 2.75) is 32.2 Å². The van der Waals surface area contributed by atoms with Crippen LogP contribution >= 0.6 is 0 Å². The maximum atomic E-state index is 14.4. The van der Waals surface area contributed by atoms with Gasteiger partial charge in [0.2, 0.25) is 0 Å². The van der Waals surface area contributed by atoms with Crippen molar-refractivity contribution in [1.29, 1.82) is 0 Å². The Morgan fingerprint density at radius 2 is 1.86 bits per heavy atom. The zero-order valence-electron chi connectivity index (χ0n) is 15.3. The van der Waals surface area contributed by atoms with Gasteiger partial charge in [-0.1, -0.05) is 12.1 Å². The number of hydrogen-bond donors (Lipinski definition) is 1. The number of aliphatic carboxylic acids is 1. The molecule has 4 nitrogen and oxygen atoms in total. The Balaban J connectivity index is 1.57. The lowest BCUT2D eigenvalue weighted by Crippen LogP contribution is -2.05. The molecule has 4 rings (SSSR count). The largest absolute Gasteiger partial charge is 0.488 e. The topological polar surface area (TPSA) is 51.5 Å². The van der Waals surface area contributed by atoms with Crippen molar-refractivity contribution in [1.82, 2.24) is 4.57 Å². The predicted molar refractivity (Wildman–Crippen MR) is 102 cm³/mol. The van der Waals surface area contributed by atoms with Gasteiger partial charge in [-0.05, 0) is 66.0 Å².